The van der Waals surface area contributed by atoms with E-state index in [4.69, 9.17) is 27.9 Å². The van der Waals surface area contributed by atoms with Crippen LogP contribution in [-0.4, -0.2) is 32.3 Å². The number of methoxy groups -OCH3 is 1. The SMILES string of the molecule is COc1ccc(Cl)cc1NC(=O)CN(Cc1ccccc1)S(=O)(=O)c1ccc(Cl)cc1. The zero-order chi connectivity index (χ0) is 22.4. The maximum atomic E-state index is 13.3. The van der Waals surface area contributed by atoms with E-state index in [1.165, 1.54) is 37.4 Å². The van der Waals surface area contributed by atoms with Gasteiger partial charge in [-0.3, -0.25) is 4.79 Å². The summed E-state index contributed by atoms with van der Waals surface area (Å²) in [5.74, 6) is -0.123. The number of hydrogen-bond donors (Lipinski definition) is 1. The summed E-state index contributed by atoms with van der Waals surface area (Å²) in [5, 5.41) is 3.50. The van der Waals surface area contributed by atoms with Crippen molar-refractivity contribution in [2.24, 2.45) is 0 Å². The zero-order valence-corrected chi connectivity index (χ0v) is 18.9. The van der Waals surface area contributed by atoms with E-state index in [0.717, 1.165) is 9.87 Å². The minimum Gasteiger partial charge on any atom is -0.495 e. The molecule has 0 unspecified atom stereocenters. The molecule has 0 fully saturated rings. The molecule has 0 spiro atoms. The smallest absolute Gasteiger partial charge is 0.243 e. The average Bonchev–Trinajstić information content (AvgIpc) is 2.74. The first-order valence-corrected chi connectivity index (χ1v) is 11.4. The molecule has 6 nitrogen and oxygen atoms in total. The van der Waals surface area contributed by atoms with Crippen LogP contribution in [0.5, 0.6) is 5.75 Å². The third kappa shape index (κ3) is 5.98. The van der Waals surface area contributed by atoms with E-state index >= 15 is 0 Å². The van der Waals surface area contributed by atoms with Crippen molar-refractivity contribution in [3.8, 4) is 5.75 Å². The lowest BCUT2D eigenvalue weighted by atomic mass is 10.2. The maximum Gasteiger partial charge on any atom is 0.243 e. The van der Waals surface area contributed by atoms with Crippen molar-refractivity contribution in [3.63, 3.8) is 0 Å². The molecule has 162 valence electrons. The number of ether oxygens (including phenoxy) is 1. The van der Waals surface area contributed by atoms with E-state index in [1.54, 1.807) is 36.4 Å². The van der Waals surface area contributed by atoms with Crippen LogP contribution >= 0.6 is 23.2 Å². The number of anilines is 1. The average molecular weight is 479 g/mol. The Labute approximate surface area is 191 Å². The Hall–Kier alpha value is -2.58. The molecule has 0 aliphatic heterocycles. The Morgan fingerprint density at radius 1 is 0.968 bits per heavy atom. The lowest BCUT2D eigenvalue weighted by Gasteiger charge is -2.22. The summed E-state index contributed by atoms with van der Waals surface area (Å²) in [6, 6.07) is 19.6. The number of sulfonamides is 1. The Bertz CT molecular complexity index is 1150. The van der Waals surface area contributed by atoms with Crippen LogP contribution in [0.3, 0.4) is 0 Å². The lowest BCUT2D eigenvalue weighted by molar-refractivity contribution is -0.116. The van der Waals surface area contributed by atoms with E-state index in [0.29, 0.717) is 21.5 Å². The minimum atomic E-state index is -3.97. The van der Waals surface area contributed by atoms with E-state index in [9.17, 15) is 13.2 Å². The van der Waals surface area contributed by atoms with Gasteiger partial charge in [-0.1, -0.05) is 53.5 Å². The molecule has 3 rings (SSSR count). The van der Waals surface area contributed by atoms with Gasteiger partial charge in [-0.25, -0.2) is 8.42 Å². The molecule has 0 aromatic heterocycles. The van der Waals surface area contributed by atoms with Crippen LogP contribution in [-0.2, 0) is 21.4 Å². The van der Waals surface area contributed by atoms with Gasteiger partial charge in [0.05, 0.1) is 24.2 Å². The fourth-order valence-electron chi connectivity index (χ4n) is 2.90. The molecule has 0 aliphatic rings. The summed E-state index contributed by atoms with van der Waals surface area (Å²) in [7, 11) is -2.51. The van der Waals surface area contributed by atoms with Crippen molar-refractivity contribution in [3.05, 3.63) is 88.4 Å². The normalized spacial score (nSPS) is 11.4. The molecule has 0 aliphatic carbocycles. The third-order valence-electron chi connectivity index (χ3n) is 4.41. The highest BCUT2D eigenvalue weighted by Gasteiger charge is 2.27. The zero-order valence-electron chi connectivity index (χ0n) is 16.6. The number of nitrogens with one attached hydrogen (secondary N) is 1. The number of amides is 1. The molecule has 3 aromatic carbocycles. The quantitative estimate of drug-likeness (QED) is 0.502. The highest BCUT2D eigenvalue weighted by Crippen LogP contribution is 2.28. The molecule has 0 saturated carbocycles. The molecule has 0 atom stereocenters. The first kappa shape index (κ1) is 23.1. The topological polar surface area (TPSA) is 75.7 Å². The van der Waals surface area contributed by atoms with Gasteiger partial charge >= 0.3 is 0 Å². The van der Waals surface area contributed by atoms with Crippen molar-refractivity contribution in [2.75, 3.05) is 19.0 Å². The van der Waals surface area contributed by atoms with Crippen LogP contribution < -0.4 is 10.1 Å². The van der Waals surface area contributed by atoms with Gasteiger partial charge in [0.2, 0.25) is 15.9 Å². The van der Waals surface area contributed by atoms with Crippen molar-refractivity contribution in [1.82, 2.24) is 4.31 Å². The van der Waals surface area contributed by atoms with Crippen LogP contribution in [0.25, 0.3) is 0 Å². The summed E-state index contributed by atoms with van der Waals surface area (Å²) >= 11 is 11.9. The second kappa shape index (κ2) is 10.2. The molecular formula is C22H20Cl2N2O4S. The second-order valence-electron chi connectivity index (χ2n) is 6.61. The first-order chi connectivity index (χ1) is 14.8. The number of benzene rings is 3. The predicted octanol–water partition coefficient (Wildman–Crippen LogP) is 4.83. The van der Waals surface area contributed by atoms with Crippen molar-refractivity contribution >= 4 is 44.8 Å². The van der Waals surface area contributed by atoms with Crippen LogP contribution in [0.1, 0.15) is 5.56 Å². The molecule has 0 radical (unpaired) electrons. The molecule has 0 bridgehead atoms. The molecule has 1 N–H and O–H groups in total. The fourth-order valence-corrected chi connectivity index (χ4v) is 4.58. The molecule has 9 heteroatoms. The molecule has 1 amide bonds. The molecule has 0 saturated heterocycles. The monoisotopic (exact) mass is 478 g/mol. The number of carbonyl (C=O) groups excluding carboxylic acids is 1. The van der Waals surface area contributed by atoms with E-state index in [2.05, 4.69) is 5.32 Å². The van der Waals surface area contributed by atoms with Gasteiger partial charge < -0.3 is 10.1 Å². The van der Waals surface area contributed by atoms with E-state index in [1.807, 2.05) is 6.07 Å². The summed E-state index contributed by atoms with van der Waals surface area (Å²) < 4.78 is 32.9. The molecule has 31 heavy (non-hydrogen) atoms. The fraction of sp³-hybridized carbons (Fsp3) is 0.136. The largest absolute Gasteiger partial charge is 0.495 e. The Kier molecular flexibility index (Phi) is 7.56. The number of nitrogens with zero attached hydrogens (tertiary/aromatic N) is 1. The predicted molar refractivity (Wildman–Crippen MR) is 122 cm³/mol. The lowest BCUT2D eigenvalue weighted by Crippen LogP contribution is -2.37. The highest BCUT2D eigenvalue weighted by atomic mass is 35.5. The number of hydrogen-bond acceptors (Lipinski definition) is 4. The van der Waals surface area contributed by atoms with Gasteiger partial charge in [-0.15, -0.1) is 0 Å². The number of carbonyl (C=O) groups is 1. The standard InChI is InChI=1S/C22H20Cl2N2O4S/c1-30-21-12-9-18(24)13-20(21)25-22(27)15-26(14-16-5-3-2-4-6-16)31(28,29)19-10-7-17(23)8-11-19/h2-13H,14-15H2,1H3,(H,25,27). The van der Waals surface area contributed by atoms with Crippen molar-refractivity contribution < 1.29 is 17.9 Å². The van der Waals surface area contributed by atoms with E-state index < -0.39 is 22.5 Å². The summed E-state index contributed by atoms with van der Waals surface area (Å²) in [6.45, 7) is -0.387. The maximum absolute atomic E-state index is 13.3. The molecular weight excluding hydrogens is 459 g/mol. The van der Waals surface area contributed by atoms with Gasteiger partial charge in [-0.2, -0.15) is 4.31 Å². The van der Waals surface area contributed by atoms with Crippen LogP contribution in [0, 0.1) is 0 Å². The van der Waals surface area contributed by atoms with Gasteiger partial charge in [0.15, 0.2) is 0 Å². The number of rotatable bonds is 8. The molecule has 0 heterocycles. The first-order valence-electron chi connectivity index (χ1n) is 9.22. The molecule has 3 aromatic rings. The van der Waals surface area contributed by atoms with Gasteiger partial charge in [0.25, 0.3) is 0 Å². The minimum absolute atomic E-state index is 0.0197. The number of halogens is 2. The Balaban J connectivity index is 1.88. The summed E-state index contributed by atoms with van der Waals surface area (Å²) in [6.07, 6.45) is 0. The highest BCUT2D eigenvalue weighted by molar-refractivity contribution is 7.89. The summed E-state index contributed by atoms with van der Waals surface area (Å²) in [4.78, 5) is 12.8. The van der Waals surface area contributed by atoms with Gasteiger partial charge in [-0.05, 0) is 48.0 Å². The van der Waals surface area contributed by atoms with Crippen LogP contribution in [0.2, 0.25) is 10.0 Å². The summed E-state index contributed by atoms with van der Waals surface area (Å²) in [5.41, 5.74) is 1.09. The second-order valence-corrected chi connectivity index (χ2v) is 9.42. The van der Waals surface area contributed by atoms with Crippen LogP contribution in [0.15, 0.2) is 77.7 Å². The van der Waals surface area contributed by atoms with Crippen molar-refractivity contribution in [1.29, 1.82) is 0 Å². The third-order valence-corrected chi connectivity index (χ3v) is 6.70. The van der Waals surface area contributed by atoms with Crippen LogP contribution in [0.4, 0.5) is 5.69 Å². The van der Waals surface area contributed by atoms with Gasteiger partial charge in [0, 0.05) is 16.6 Å². The Morgan fingerprint density at radius 3 is 2.26 bits per heavy atom. The van der Waals surface area contributed by atoms with Crippen molar-refractivity contribution in [2.45, 2.75) is 11.4 Å². The van der Waals surface area contributed by atoms with E-state index in [-0.39, 0.29) is 11.4 Å². The van der Waals surface area contributed by atoms with Gasteiger partial charge in [0.1, 0.15) is 5.75 Å². The Morgan fingerprint density at radius 2 is 1.61 bits per heavy atom.